The third-order valence-electron chi connectivity index (χ3n) is 6.89. The zero-order chi connectivity index (χ0) is 25.0. The fourth-order valence-electron chi connectivity index (χ4n) is 4.63. The number of nitrogens with zero attached hydrogens (tertiary/aromatic N) is 5. The highest BCUT2D eigenvalue weighted by molar-refractivity contribution is 6.04. The number of carbonyl (C=O) groups excluding carboxylic acids is 1. The summed E-state index contributed by atoms with van der Waals surface area (Å²) < 4.78 is 5.35. The van der Waals surface area contributed by atoms with Crippen molar-refractivity contribution in [1.82, 2.24) is 9.97 Å². The van der Waals surface area contributed by atoms with Gasteiger partial charge in [-0.15, -0.1) is 0 Å². The molecule has 0 spiro atoms. The lowest BCUT2D eigenvalue weighted by Crippen LogP contribution is -2.34. The van der Waals surface area contributed by atoms with Crippen molar-refractivity contribution in [2.24, 2.45) is 10.4 Å². The molecule has 2 aliphatic rings. The summed E-state index contributed by atoms with van der Waals surface area (Å²) in [5.41, 5.74) is 9.79. The molecular weight excluding hydrogens is 442 g/mol. The SMILES string of the molecule is CCCCCN(CC1(C)CC1)c1ccnc2c1CCN2C(=O)Nc1cc(C=NC)c(N)nc1OC. The predicted molar refractivity (Wildman–Crippen MR) is 142 cm³/mol. The number of amides is 2. The fraction of sp³-hybridized carbons (Fsp3) is 0.538. The number of aliphatic imine (C=N–C) groups is 1. The van der Waals surface area contributed by atoms with Crippen molar-refractivity contribution in [1.29, 1.82) is 0 Å². The summed E-state index contributed by atoms with van der Waals surface area (Å²) in [7, 11) is 3.15. The Hall–Kier alpha value is -3.36. The van der Waals surface area contributed by atoms with Crippen molar-refractivity contribution in [3.63, 3.8) is 0 Å². The minimum atomic E-state index is -0.274. The van der Waals surface area contributed by atoms with Crippen molar-refractivity contribution in [2.45, 2.75) is 52.4 Å². The normalized spacial score (nSPS) is 15.8. The Bertz CT molecular complexity index is 1100. The molecule has 3 heterocycles. The van der Waals surface area contributed by atoms with Crippen LogP contribution in [-0.2, 0) is 6.42 Å². The van der Waals surface area contributed by atoms with E-state index in [4.69, 9.17) is 10.5 Å². The molecule has 0 unspecified atom stereocenters. The number of pyridine rings is 2. The molecule has 1 saturated carbocycles. The van der Waals surface area contributed by atoms with Crippen molar-refractivity contribution < 1.29 is 9.53 Å². The highest BCUT2D eigenvalue weighted by Gasteiger charge is 2.40. The first-order valence-corrected chi connectivity index (χ1v) is 12.5. The maximum Gasteiger partial charge on any atom is 0.327 e. The number of rotatable bonds is 10. The molecular formula is C26H37N7O2. The molecule has 1 aliphatic carbocycles. The number of hydrogen-bond acceptors (Lipinski definition) is 7. The van der Waals surface area contributed by atoms with Crippen LogP contribution in [0, 0.1) is 5.41 Å². The van der Waals surface area contributed by atoms with Gasteiger partial charge in [-0.1, -0.05) is 26.7 Å². The number of aromatic nitrogens is 2. The van der Waals surface area contributed by atoms with E-state index in [2.05, 4.69) is 45.1 Å². The average Bonchev–Trinajstić information content (AvgIpc) is 3.40. The number of carbonyl (C=O) groups is 1. The molecule has 9 nitrogen and oxygen atoms in total. The van der Waals surface area contributed by atoms with Crippen LogP contribution in [0.15, 0.2) is 23.3 Å². The Kier molecular flexibility index (Phi) is 7.42. The van der Waals surface area contributed by atoms with Gasteiger partial charge in [-0.2, -0.15) is 4.98 Å². The number of fused-ring (bicyclic) bond motifs is 1. The van der Waals surface area contributed by atoms with E-state index < -0.39 is 0 Å². The zero-order valence-electron chi connectivity index (χ0n) is 21.3. The van der Waals surface area contributed by atoms with Gasteiger partial charge in [0, 0.05) is 55.9 Å². The van der Waals surface area contributed by atoms with Crippen LogP contribution in [0.1, 0.15) is 57.1 Å². The number of methoxy groups -OCH3 is 1. The number of nitrogens with two attached hydrogens (primary N) is 1. The summed E-state index contributed by atoms with van der Waals surface area (Å²) in [6.45, 7) is 7.25. The Labute approximate surface area is 207 Å². The second-order valence-electron chi connectivity index (χ2n) is 9.81. The van der Waals surface area contributed by atoms with E-state index in [1.807, 2.05) is 6.20 Å². The van der Waals surface area contributed by atoms with Gasteiger partial charge < -0.3 is 20.7 Å². The molecule has 9 heteroatoms. The topological polar surface area (TPSA) is 109 Å². The minimum Gasteiger partial charge on any atom is -0.479 e. The van der Waals surface area contributed by atoms with Gasteiger partial charge in [-0.05, 0) is 43.2 Å². The van der Waals surface area contributed by atoms with Gasteiger partial charge in [0.15, 0.2) is 0 Å². The van der Waals surface area contributed by atoms with E-state index in [0.717, 1.165) is 30.9 Å². The second-order valence-corrected chi connectivity index (χ2v) is 9.81. The molecule has 1 fully saturated rings. The summed E-state index contributed by atoms with van der Waals surface area (Å²) in [6, 6.07) is 3.56. The minimum absolute atomic E-state index is 0.255. The Balaban J connectivity index is 1.58. The Morgan fingerprint density at radius 1 is 1.40 bits per heavy atom. The number of ether oxygens (including phenoxy) is 1. The average molecular weight is 480 g/mol. The van der Waals surface area contributed by atoms with Gasteiger partial charge in [-0.25, -0.2) is 9.78 Å². The number of nitrogen functional groups attached to an aromatic ring is 1. The van der Waals surface area contributed by atoms with Crippen LogP contribution in [0.3, 0.4) is 0 Å². The Morgan fingerprint density at radius 3 is 2.89 bits per heavy atom. The van der Waals surface area contributed by atoms with Crippen molar-refractivity contribution in [3.05, 3.63) is 29.5 Å². The molecule has 0 aromatic carbocycles. The molecule has 35 heavy (non-hydrogen) atoms. The lowest BCUT2D eigenvalue weighted by atomic mass is 10.1. The van der Waals surface area contributed by atoms with Crippen LogP contribution in [-0.4, -0.2) is 56.0 Å². The molecule has 0 radical (unpaired) electrons. The predicted octanol–water partition coefficient (Wildman–Crippen LogP) is 4.51. The van der Waals surface area contributed by atoms with E-state index in [9.17, 15) is 4.79 Å². The largest absolute Gasteiger partial charge is 0.479 e. The van der Waals surface area contributed by atoms with E-state index >= 15 is 0 Å². The van der Waals surface area contributed by atoms with E-state index in [-0.39, 0.29) is 17.7 Å². The lowest BCUT2D eigenvalue weighted by molar-refractivity contribution is 0.257. The van der Waals surface area contributed by atoms with Crippen molar-refractivity contribution in [2.75, 3.05) is 54.6 Å². The van der Waals surface area contributed by atoms with Crippen LogP contribution in [0.5, 0.6) is 5.88 Å². The first-order valence-electron chi connectivity index (χ1n) is 12.5. The van der Waals surface area contributed by atoms with Gasteiger partial charge in [0.25, 0.3) is 0 Å². The van der Waals surface area contributed by atoms with E-state index in [0.29, 0.717) is 23.2 Å². The summed E-state index contributed by atoms with van der Waals surface area (Å²) in [5.74, 6) is 1.26. The van der Waals surface area contributed by atoms with Crippen LogP contribution in [0.4, 0.5) is 27.8 Å². The molecule has 2 aromatic heterocycles. The third-order valence-corrected chi connectivity index (χ3v) is 6.89. The fourth-order valence-corrected chi connectivity index (χ4v) is 4.63. The van der Waals surface area contributed by atoms with Gasteiger partial charge in [-0.3, -0.25) is 9.89 Å². The number of anilines is 4. The second kappa shape index (κ2) is 10.5. The lowest BCUT2D eigenvalue weighted by Gasteiger charge is -2.30. The summed E-state index contributed by atoms with van der Waals surface area (Å²) in [4.78, 5) is 30.4. The molecule has 0 saturated heterocycles. The maximum absolute atomic E-state index is 13.3. The number of urea groups is 1. The molecule has 0 atom stereocenters. The van der Waals surface area contributed by atoms with Gasteiger partial charge in [0.05, 0.1) is 7.11 Å². The standard InChI is InChI=1S/C26H37N7O2/c1-5-6-7-13-32(17-26(2)10-11-26)21-8-12-29-23-19(21)9-14-33(23)25(34)30-20-15-18(16-28-3)22(27)31-24(20)35-4/h8,12,15-16H,5-7,9-11,13-14,17H2,1-4H3,(H2,27,31)(H,30,34). The summed E-state index contributed by atoms with van der Waals surface area (Å²) in [5, 5.41) is 2.94. The van der Waals surface area contributed by atoms with Crippen LogP contribution in [0.2, 0.25) is 0 Å². The van der Waals surface area contributed by atoms with Crippen LogP contribution in [0.25, 0.3) is 0 Å². The first kappa shape index (κ1) is 24.8. The van der Waals surface area contributed by atoms with E-state index in [1.165, 1.54) is 44.9 Å². The first-order chi connectivity index (χ1) is 16.9. The summed E-state index contributed by atoms with van der Waals surface area (Å²) in [6.07, 6.45) is 10.3. The van der Waals surface area contributed by atoms with Gasteiger partial charge in [0.2, 0.25) is 5.88 Å². The molecule has 3 N–H and O–H groups in total. The van der Waals surface area contributed by atoms with Crippen LogP contribution >= 0.6 is 0 Å². The molecule has 2 amide bonds. The summed E-state index contributed by atoms with van der Waals surface area (Å²) >= 11 is 0. The quantitative estimate of drug-likeness (QED) is 0.383. The smallest absolute Gasteiger partial charge is 0.327 e. The molecule has 1 aliphatic heterocycles. The monoisotopic (exact) mass is 479 g/mol. The highest BCUT2D eigenvalue weighted by Crippen LogP contribution is 2.47. The van der Waals surface area contributed by atoms with Gasteiger partial charge >= 0.3 is 6.03 Å². The molecule has 4 rings (SSSR count). The maximum atomic E-state index is 13.3. The molecule has 0 bridgehead atoms. The van der Waals surface area contributed by atoms with Crippen molar-refractivity contribution >= 4 is 35.3 Å². The zero-order valence-corrected chi connectivity index (χ0v) is 21.3. The van der Waals surface area contributed by atoms with E-state index in [1.54, 1.807) is 24.2 Å². The highest BCUT2D eigenvalue weighted by atomic mass is 16.5. The van der Waals surface area contributed by atoms with Crippen molar-refractivity contribution in [3.8, 4) is 5.88 Å². The number of unbranched alkanes of at least 4 members (excludes halogenated alkanes) is 2. The van der Waals surface area contributed by atoms with Crippen LogP contribution < -0.4 is 25.6 Å². The molecule has 188 valence electrons. The number of nitrogens with one attached hydrogen (secondary N) is 1. The van der Waals surface area contributed by atoms with Gasteiger partial charge in [0.1, 0.15) is 17.3 Å². The molecule has 2 aromatic rings. The number of hydrogen-bond donors (Lipinski definition) is 2. The third kappa shape index (κ3) is 5.49. The Morgan fingerprint density at radius 2 is 2.20 bits per heavy atom.